The van der Waals surface area contributed by atoms with Gasteiger partial charge in [-0.2, -0.15) is 0 Å². The van der Waals surface area contributed by atoms with Crippen LogP contribution in [-0.2, 0) is 14.3 Å². The highest BCUT2D eigenvalue weighted by Gasteiger charge is 2.44. The van der Waals surface area contributed by atoms with E-state index in [0.29, 0.717) is 0 Å². The molecule has 0 aromatic heterocycles. The number of esters is 1. The van der Waals surface area contributed by atoms with E-state index in [1.807, 2.05) is 0 Å². The van der Waals surface area contributed by atoms with E-state index in [0.717, 1.165) is 6.92 Å². The van der Waals surface area contributed by atoms with Gasteiger partial charge in [-0.15, -0.1) is 12.3 Å². The Bertz CT molecular complexity index is 267. The van der Waals surface area contributed by atoms with Crippen LogP contribution in [0.4, 0.5) is 4.39 Å². The van der Waals surface area contributed by atoms with E-state index in [-0.39, 0.29) is 19.4 Å². The molecular formula is C10H13FO3. The van der Waals surface area contributed by atoms with Crippen LogP contribution in [0, 0.1) is 12.3 Å². The fourth-order valence-corrected chi connectivity index (χ4v) is 0.912. The lowest BCUT2D eigenvalue weighted by Gasteiger charge is -2.18. The molecule has 78 valence electrons. The van der Waals surface area contributed by atoms with E-state index in [2.05, 4.69) is 10.7 Å². The van der Waals surface area contributed by atoms with E-state index in [1.54, 1.807) is 6.92 Å². The minimum atomic E-state index is -2.58. The van der Waals surface area contributed by atoms with Gasteiger partial charge in [-0.1, -0.05) is 0 Å². The maximum absolute atomic E-state index is 13.8. The summed E-state index contributed by atoms with van der Waals surface area (Å²) in [5.41, 5.74) is -2.58. The highest BCUT2D eigenvalue weighted by atomic mass is 19.1. The van der Waals surface area contributed by atoms with Gasteiger partial charge < -0.3 is 4.74 Å². The standard InChI is InChI=1S/C10H13FO3/c1-4-6-7-10(11,8(3)12)9(13)14-5-2/h1H,5-7H2,2-3H3. The predicted octanol–water partition coefficient (Wildman–Crippen LogP) is 1.26. The molecule has 3 nitrogen and oxygen atoms in total. The number of hydrogen-bond donors (Lipinski definition) is 0. The smallest absolute Gasteiger partial charge is 0.351 e. The molecule has 0 fully saturated rings. The first-order chi connectivity index (χ1) is 6.49. The Hall–Kier alpha value is -1.37. The molecule has 1 atom stereocenters. The van der Waals surface area contributed by atoms with Crippen molar-refractivity contribution in [3.63, 3.8) is 0 Å². The van der Waals surface area contributed by atoms with Gasteiger partial charge in [0.25, 0.3) is 5.67 Å². The van der Waals surface area contributed by atoms with Crippen LogP contribution in [0.3, 0.4) is 0 Å². The number of rotatable bonds is 5. The van der Waals surface area contributed by atoms with Crippen LogP contribution in [0.25, 0.3) is 0 Å². The van der Waals surface area contributed by atoms with Crippen molar-refractivity contribution in [3.05, 3.63) is 0 Å². The van der Waals surface area contributed by atoms with E-state index < -0.39 is 17.4 Å². The van der Waals surface area contributed by atoms with E-state index in [4.69, 9.17) is 6.42 Å². The third-order valence-corrected chi connectivity index (χ3v) is 1.77. The second-order valence-corrected chi connectivity index (χ2v) is 2.78. The van der Waals surface area contributed by atoms with Crippen molar-refractivity contribution >= 4 is 11.8 Å². The Morgan fingerprint density at radius 1 is 1.57 bits per heavy atom. The molecule has 0 aromatic rings. The second-order valence-electron chi connectivity index (χ2n) is 2.78. The second kappa shape index (κ2) is 5.38. The predicted molar refractivity (Wildman–Crippen MR) is 49.2 cm³/mol. The van der Waals surface area contributed by atoms with Crippen LogP contribution >= 0.6 is 0 Å². The van der Waals surface area contributed by atoms with Crippen LogP contribution in [0.15, 0.2) is 0 Å². The Kier molecular flexibility index (Phi) is 4.85. The molecule has 0 aliphatic heterocycles. The van der Waals surface area contributed by atoms with Crippen molar-refractivity contribution in [1.82, 2.24) is 0 Å². The summed E-state index contributed by atoms with van der Waals surface area (Å²) in [6.07, 6.45) is 4.63. The Balaban J connectivity index is 4.63. The monoisotopic (exact) mass is 200 g/mol. The highest BCUT2D eigenvalue weighted by molar-refractivity contribution is 6.06. The average molecular weight is 200 g/mol. The molecule has 0 aromatic carbocycles. The first-order valence-electron chi connectivity index (χ1n) is 4.29. The molecule has 0 spiro atoms. The van der Waals surface area contributed by atoms with Crippen LogP contribution in [-0.4, -0.2) is 24.0 Å². The summed E-state index contributed by atoms with van der Waals surface area (Å²) >= 11 is 0. The zero-order chi connectivity index (χ0) is 11.2. The molecule has 0 aliphatic carbocycles. The van der Waals surface area contributed by atoms with Crippen LogP contribution in [0.5, 0.6) is 0 Å². The molecule has 4 heteroatoms. The fourth-order valence-electron chi connectivity index (χ4n) is 0.912. The number of ether oxygens (including phenoxy) is 1. The van der Waals surface area contributed by atoms with Crippen LogP contribution < -0.4 is 0 Å². The topological polar surface area (TPSA) is 43.4 Å². The number of carbonyl (C=O) groups is 2. The fraction of sp³-hybridized carbons (Fsp3) is 0.600. The molecule has 0 heterocycles. The van der Waals surface area contributed by atoms with Crippen molar-refractivity contribution in [2.24, 2.45) is 0 Å². The maximum Gasteiger partial charge on any atom is 0.351 e. The lowest BCUT2D eigenvalue weighted by atomic mass is 9.96. The van der Waals surface area contributed by atoms with Gasteiger partial charge in [-0.25, -0.2) is 9.18 Å². The summed E-state index contributed by atoms with van der Waals surface area (Å²) in [4.78, 5) is 22.1. The SMILES string of the molecule is C#CCCC(F)(C(C)=O)C(=O)OCC. The lowest BCUT2D eigenvalue weighted by Crippen LogP contribution is -2.42. The number of halogens is 1. The molecule has 0 aliphatic rings. The van der Waals surface area contributed by atoms with E-state index in [9.17, 15) is 14.0 Å². The molecule has 0 bridgehead atoms. The van der Waals surface area contributed by atoms with Crippen molar-refractivity contribution in [1.29, 1.82) is 0 Å². The van der Waals surface area contributed by atoms with Crippen molar-refractivity contribution in [2.75, 3.05) is 6.61 Å². The number of ketones is 1. The summed E-state index contributed by atoms with van der Waals surface area (Å²) in [5, 5.41) is 0. The molecule has 0 saturated heterocycles. The minimum absolute atomic E-state index is 0.0227. The van der Waals surface area contributed by atoms with Crippen LogP contribution in [0.1, 0.15) is 26.7 Å². The largest absolute Gasteiger partial charge is 0.463 e. The molecule has 0 amide bonds. The molecule has 0 saturated carbocycles. The van der Waals surface area contributed by atoms with Gasteiger partial charge in [0.05, 0.1) is 6.61 Å². The molecule has 0 N–H and O–H groups in total. The maximum atomic E-state index is 13.8. The lowest BCUT2D eigenvalue weighted by molar-refractivity contribution is -0.162. The number of carbonyl (C=O) groups excluding carboxylic acids is 2. The van der Waals surface area contributed by atoms with Gasteiger partial charge in [-0.3, -0.25) is 4.79 Å². The number of hydrogen-bond acceptors (Lipinski definition) is 3. The summed E-state index contributed by atoms with van der Waals surface area (Å²) in [5.74, 6) is 0.156. The van der Waals surface area contributed by atoms with Crippen LogP contribution in [0.2, 0.25) is 0 Å². The van der Waals surface area contributed by atoms with E-state index in [1.165, 1.54) is 0 Å². The zero-order valence-corrected chi connectivity index (χ0v) is 8.30. The first-order valence-corrected chi connectivity index (χ1v) is 4.29. The molecule has 0 radical (unpaired) electrons. The summed E-state index contributed by atoms with van der Waals surface area (Å²) in [6.45, 7) is 2.58. The Morgan fingerprint density at radius 3 is 2.50 bits per heavy atom. The van der Waals surface area contributed by atoms with Gasteiger partial charge in [0.2, 0.25) is 0 Å². The quantitative estimate of drug-likeness (QED) is 0.381. The number of alkyl halides is 1. The summed E-state index contributed by atoms with van der Waals surface area (Å²) < 4.78 is 18.2. The third kappa shape index (κ3) is 2.84. The normalized spacial score (nSPS) is 13.9. The minimum Gasteiger partial charge on any atom is -0.463 e. The van der Waals surface area contributed by atoms with Gasteiger partial charge in [0, 0.05) is 12.8 Å². The number of terminal acetylenes is 1. The molecule has 0 rings (SSSR count). The van der Waals surface area contributed by atoms with Crippen molar-refractivity contribution < 1.29 is 18.7 Å². The van der Waals surface area contributed by atoms with Gasteiger partial charge in [0.1, 0.15) is 0 Å². The zero-order valence-electron chi connectivity index (χ0n) is 8.30. The molecular weight excluding hydrogens is 187 g/mol. The van der Waals surface area contributed by atoms with Crippen molar-refractivity contribution in [2.45, 2.75) is 32.4 Å². The van der Waals surface area contributed by atoms with Gasteiger partial charge in [0.15, 0.2) is 5.78 Å². The molecule has 1 unspecified atom stereocenters. The van der Waals surface area contributed by atoms with Crippen molar-refractivity contribution in [3.8, 4) is 12.3 Å². The highest BCUT2D eigenvalue weighted by Crippen LogP contribution is 2.21. The van der Waals surface area contributed by atoms with E-state index >= 15 is 0 Å². The Morgan fingerprint density at radius 2 is 2.14 bits per heavy atom. The number of Topliss-reactive ketones (excluding diaryl/α,β-unsaturated/α-hetero) is 1. The third-order valence-electron chi connectivity index (χ3n) is 1.77. The Labute approximate surface area is 82.6 Å². The molecule has 14 heavy (non-hydrogen) atoms. The summed E-state index contributed by atoms with van der Waals surface area (Å²) in [7, 11) is 0. The van der Waals surface area contributed by atoms with Gasteiger partial charge in [-0.05, 0) is 13.8 Å². The first kappa shape index (κ1) is 12.6. The summed E-state index contributed by atoms with van der Waals surface area (Å²) in [6, 6.07) is 0. The average Bonchev–Trinajstić information content (AvgIpc) is 2.14. The van der Waals surface area contributed by atoms with Gasteiger partial charge >= 0.3 is 5.97 Å².